The zero-order chi connectivity index (χ0) is 20.1. The molecule has 28 heavy (non-hydrogen) atoms. The summed E-state index contributed by atoms with van der Waals surface area (Å²) in [6.07, 6.45) is 4.50. The molecule has 0 saturated carbocycles. The number of methoxy groups -OCH3 is 1. The Morgan fingerprint density at radius 1 is 1.18 bits per heavy atom. The first-order valence-electron chi connectivity index (χ1n) is 8.98. The van der Waals surface area contributed by atoms with Crippen LogP contribution in [0, 0.1) is 11.8 Å². The average molecular weight is 377 g/mol. The molecule has 0 fully saturated rings. The monoisotopic (exact) mass is 377 g/mol. The van der Waals surface area contributed by atoms with Gasteiger partial charge in [0.2, 0.25) is 0 Å². The Balaban J connectivity index is 1.84. The summed E-state index contributed by atoms with van der Waals surface area (Å²) in [4.78, 5) is 16.0. The van der Waals surface area contributed by atoms with E-state index < -0.39 is 6.10 Å². The Labute approximate surface area is 164 Å². The molecule has 3 aromatic rings. The van der Waals surface area contributed by atoms with Gasteiger partial charge in [-0.15, -0.1) is 0 Å². The number of hydrogen-bond acceptors (Lipinski definition) is 4. The van der Waals surface area contributed by atoms with Crippen molar-refractivity contribution < 1.29 is 9.84 Å². The van der Waals surface area contributed by atoms with E-state index in [0.29, 0.717) is 12.4 Å². The SMILES string of the molecule is COC[C@H](C#Cc1ccc(-c2ccn(C)c(=O)c2)cc1)n1ccnc1[C@H](C)O. The number of hydrogen-bond donors (Lipinski definition) is 1. The standard InChI is InChI=1S/C22H23N3O3/c1-16(26)22-23-11-13-25(22)20(15-28-3)9-6-17-4-7-18(8-5-17)19-10-12-24(2)21(27)14-19/h4-5,7-8,10-14,16,20,26H,15H2,1-3H3/t16-,20-/m0/s1. The highest BCUT2D eigenvalue weighted by Gasteiger charge is 2.15. The van der Waals surface area contributed by atoms with Crippen molar-refractivity contribution in [2.24, 2.45) is 7.05 Å². The predicted octanol–water partition coefficient (Wildman–Crippen LogP) is 2.54. The number of aromatic nitrogens is 3. The molecule has 0 amide bonds. The van der Waals surface area contributed by atoms with Crippen molar-refractivity contribution in [3.63, 3.8) is 0 Å². The maximum absolute atomic E-state index is 11.8. The van der Waals surface area contributed by atoms with E-state index in [-0.39, 0.29) is 11.6 Å². The van der Waals surface area contributed by atoms with Crippen LogP contribution in [0.3, 0.4) is 0 Å². The van der Waals surface area contributed by atoms with Crippen LogP contribution in [0.25, 0.3) is 11.1 Å². The molecule has 1 N–H and O–H groups in total. The molecule has 3 rings (SSSR count). The van der Waals surface area contributed by atoms with Crippen LogP contribution >= 0.6 is 0 Å². The van der Waals surface area contributed by atoms with Crippen molar-refractivity contribution >= 4 is 0 Å². The zero-order valence-corrected chi connectivity index (χ0v) is 16.2. The number of ether oxygens (including phenoxy) is 1. The Morgan fingerprint density at radius 3 is 2.57 bits per heavy atom. The molecule has 2 heterocycles. The number of pyridine rings is 1. The van der Waals surface area contributed by atoms with Gasteiger partial charge in [0.15, 0.2) is 0 Å². The van der Waals surface area contributed by atoms with Gasteiger partial charge in [0.1, 0.15) is 18.0 Å². The van der Waals surface area contributed by atoms with E-state index >= 15 is 0 Å². The second kappa shape index (κ2) is 8.70. The lowest BCUT2D eigenvalue weighted by Gasteiger charge is -2.16. The highest BCUT2D eigenvalue weighted by atomic mass is 16.5. The fraction of sp³-hybridized carbons (Fsp3) is 0.273. The molecule has 0 bridgehead atoms. The van der Waals surface area contributed by atoms with Crippen LogP contribution in [-0.2, 0) is 11.8 Å². The molecule has 0 aliphatic carbocycles. The molecule has 0 spiro atoms. The lowest BCUT2D eigenvalue weighted by Crippen LogP contribution is -2.16. The molecule has 0 aliphatic rings. The lowest BCUT2D eigenvalue weighted by atomic mass is 10.1. The van der Waals surface area contributed by atoms with E-state index in [9.17, 15) is 9.90 Å². The van der Waals surface area contributed by atoms with Gasteiger partial charge in [-0.2, -0.15) is 0 Å². The van der Waals surface area contributed by atoms with Crippen molar-refractivity contribution in [1.82, 2.24) is 14.1 Å². The first-order chi connectivity index (χ1) is 13.5. The summed E-state index contributed by atoms with van der Waals surface area (Å²) >= 11 is 0. The van der Waals surface area contributed by atoms with Crippen LogP contribution in [0.15, 0.2) is 59.8 Å². The van der Waals surface area contributed by atoms with Gasteiger partial charge in [0.05, 0.1) is 6.61 Å². The minimum atomic E-state index is -0.686. The Hall–Kier alpha value is -3.14. The zero-order valence-electron chi connectivity index (χ0n) is 16.2. The van der Waals surface area contributed by atoms with Crippen LogP contribution in [0.2, 0.25) is 0 Å². The van der Waals surface area contributed by atoms with Crippen molar-refractivity contribution in [2.45, 2.75) is 19.1 Å². The highest BCUT2D eigenvalue weighted by Crippen LogP contribution is 2.19. The number of nitrogens with zero attached hydrogens (tertiary/aromatic N) is 3. The first-order valence-corrected chi connectivity index (χ1v) is 8.98. The summed E-state index contributed by atoms with van der Waals surface area (Å²) in [7, 11) is 3.34. The van der Waals surface area contributed by atoms with Gasteiger partial charge in [-0.1, -0.05) is 24.0 Å². The predicted molar refractivity (Wildman–Crippen MR) is 108 cm³/mol. The van der Waals surface area contributed by atoms with Gasteiger partial charge < -0.3 is 19.0 Å². The molecule has 6 nitrogen and oxygen atoms in total. The Morgan fingerprint density at radius 2 is 1.93 bits per heavy atom. The third-order valence-corrected chi connectivity index (χ3v) is 4.44. The van der Waals surface area contributed by atoms with E-state index in [2.05, 4.69) is 16.8 Å². The second-order valence-corrected chi connectivity index (χ2v) is 6.55. The Bertz CT molecular complexity index is 1050. The van der Waals surface area contributed by atoms with E-state index in [1.165, 1.54) is 4.57 Å². The van der Waals surface area contributed by atoms with Crippen molar-refractivity contribution in [3.05, 3.63) is 76.7 Å². The molecular weight excluding hydrogens is 354 g/mol. The summed E-state index contributed by atoms with van der Waals surface area (Å²) in [5, 5.41) is 9.88. The summed E-state index contributed by atoms with van der Waals surface area (Å²) < 4.78 is 8.65. The van der Waals surface area contributed by atoms with Gasteiger partial charge in [0, 0.05) is 44.4 Å². The minimum Gasteiger partial charge on any atom is -0.385 e. The molecular formula is C22H23N3O3. The minimum absolute atomic E-state index is 0.0435. The van der Waals surface area contributed by atoms with Crippen molar-refractivity contribution in [1.29, 1.82) is 0 Å². The van der Waals surface area contributed by atoms with E-state index in [1.54, 1.807) is 45.7 Å². The average Bonchev–Trinajstić information content (AvgIpc) is 3.18. The normalized spacial score (nSPS) is 12.9. The van der Waals surface area contributed by atoms with Gasteiger partial charge in [-0.3, -0.25) is 4.79 Å². The fourth-order valence-corrected chi connectivity index (χ4v) is 2.90. The molecule has 2 atom stereocenters. The number of rotatable bonds is 5. The third-order valence-electron chi connectivity index (χ3n) is 4.44. The lowest BCUT2D eigenvalue weighted by molar-refractivity contribution is 0.156. The third kappa shape index (κ3) is 4.39. The van der Waals surface area contributed by atoms with Gasteiger partial charge >= 0.3 is 0 Å². The maximum atomic E-state index is 11.8. The molecule has 6 heteroatoms. The summed E-state index contributed by atoms with van der Waals surface area (Å²) in [5.74, 6) is 6.90. The molecule has 0 unspecified atom stereocenters. The largest absolute Gasteiger partial charge is 0.385 e. The smallest absolute Gasteiger partial charge is 0.250 e. The van der Waals surface area contributed by atoms with Crippen LogP contribution in [-0.4, -0.2) is 32.9 Å². The van der Waals surface area contributed by atoms with Gasteiger partial charge in [-0.05, 0) is 36.2 Å². The number of aliphatic hydroxyl groups excluding tert-OH is 1. The number of benzene rings is 1. The van der Waals surface area contributed by atoms with E-state index in [1.807, 2.05) is 34.9 Å². The quantitative estimate of drug-likeness (QED) is 0.694. The molecule has 0 radical (unpaired) electrons. The number of imidazole rings is 1. The molecule has 2 aromatic heterocycles. The van der Waals surface area contributed by atoms with Gasteiger partial charge in [0.25, 0.3) is 5.56 Å². The fourth-order valence-electron chi connectivity index (χ4n) is 2.90. The molecule has 144 valence electrons. The molecule has 0 saturated heterocycles. The maximum Gasteiger partial charge on any atom is 0.250 e. The topological polar surface area (TPSA) is 69.3 Å². The summed E-state index contributed by atoms with van der Waals surface area (Å²) in [6.45, 7) is 2.06. The second-order valence-electron chi connectivity index (χ2n) is 6.55. The van der Waals surface area contributed by atoms with Crippen molar-refractivity contribution in [3.8, 4) is 23.0 Å². The van der Waals surface area contributed by atoms with Crippen LogP contribution in [0.4, 0.5) is 0 Å². The number of aliphatic hydroxyl groups is 1. The van der Waals surface area contributed by atoms with Crippen molar-refractivity contribution in [2.75, 3.05) is 13.7 Å². The highest BCUT2D eigenvalue weighted by molar-refractivity contribution is 5.63. The molecule has 0 aliphatic heterocycles. The number of aryl methyl sites for hydroxylation is 1. The first kappa shape index (κ1) is 19.6. The van der Waals surface area contributed by atoms with Crippen LogP contribution in [0.5, 0.6) is 0 Å². The van der Waals surface area contributed by atoms with Gasteiger partial charge in [-0.25, -0.2) is 4.98 Å². The molecule has 1 aromatic carbocycles. The Kier molecular flexibility index (Phi) is 6.09. The summed E-state index contributed by atoms with van der Waals surface area (Å²) in [6, 6.07) is 11.0. The van der Waals surface area contributed by atoms with E-state index in [0.717, 1.165) is 16.7 Å². The van der Waals surface area contributed by atoms with E-state index in [4.69, 9.17) is 4.74 Å². The van der Waals surface area contributed by atoms with Crippen LogP contribution in [0.1, 0.15) is 30.5 Å². The van der Waals surface area contributed by atoms with Crippen LogP contribution < -0.4 is 5.56 Å². The summed E-state index contributed by atoms with van der Waals surface area (Å²) in [5.41, 5.74) is 2.65.